The van der Waals surface area contributed by atoms with Crippen molar-refractivity contribution in [2.75, 3.05) is 19.8 Å². The highest BCUT2D eigenvalue weighted by Crippen LogP contribution is 2.81. The van der Waals surface area contributed by atoms with Crippen molar-refractivity contribution in [3.8, 4) is 0 Å². The van der Waals surface area contributed by atoms with E-state index in [-0.39, 0.29) is 10.5 Å². The summed E-state index contributed by atoms with van der Waals surface area (Å²) in [6.07, 6.45) is 3.82. The third-order valence-corrected chi connectivity index (χ3v) is 8.99. The molecule has 0 spiro atoms. The van der Waals surface area contributed by atoms with Gasteiger partial charge in [0.25, 0.3) is 0 Å². The highest BCUT2D eigenvalue weighted by Gasteiger charge is 2.83. The molecule has 0 heterocycles. The average Bonchev–Trinajstić information content (AvgIpc) is 3.20. The molecule has 2 aliphatic rings. The SMILES string of the molecule is CCO[Si](OCC)(OCC)C1(C2(C(N)(N)N)CC2)CC1. The molecule has 118 valence electrons. The van der Waals surface area contributed by atoms with Crippen molar-refractivity contribution in [1.29, 1.82) is 0 Å². The summed E-state index contributed by atoms with van der Waals surface area (Å²) in [5.41, 5.74) is 18.0. The van der Waals surface area contributed by atoms with E-state index in [0.717, 1.165) is 25.7 Å². The monoisotopic (exact) mass is 303 g/mol. The van der Waals surface area contributed by atoms with Crippen LogP contribution in [-0.2, 0) is 13.3 Å². The summed E-state index contributed by atoms with van der Waals surface area (Å²) in [4.78, 5) is 0. The molecule has 0 unspecified atom stereocenters. The lowest BCUT2D eigenvalue weighted by molar-refractivity contribution is 0.0360. The second kappa shape index (κ2) is 5.31. The molecule has 20 heavy (non-hydrogen) atoms. The summed E-state index contributed by atoms with van der Waals surface area (Å²) < 4.78 is 18.3. The molecule has 2 rings (SSSR count). The second-order valence-electron chi connectivity index (χ2n) is 5.95. The summed E-state index contributed by atoms with van der Waals surface area (Å²) in [5.74, 6) is -1.20. The van der Waals surface area contributed by atoms with Crippen LogP contribution in [0.1, 0.15) is 46.5 Å². The Kier molecular flexibility index (Phi) is 4.34. The molecule has 0 atom stereocenters. The minimum atomic E-state index is -2.83. The lowest BCUT2D eigenvalue weighted by Gasteiger charge is -2.44. The first kappa shape index (κ1) is 16.3. The highest BCUT2D eigenvalue weighted by molar-refractivity contribution is 6.65. The molecule has 0 aromatic carbocycles. The Morgan fingerprint density at radius 1 is 0.850 bits per heavy atom. The van der Waals surface area contributed by atoms with Crippen LogP contribution in [0.3, 0.4) is 0 Å². The highest BCUT2D eigenvalue weighted by atomic mass is 28.4. The molecular weight excluding hydrogens is 274 g/mol. The quantitative estimate of drug-likeness (QED) is 0.431. The third-order valence-electron chi connectivity index (χ3n) is 4.83. The van der Waals surface area contributed by atoms with E-state index in [0.29, 0.717) is 19.8 Å². The van der Waals surface area contributed by atoms with Gasteiger partial charge in [0.1, 0.15) is 5.79 Å². The van der Waals surface area contributed by atoms with Crippen molar-refractivity contribution < 1.29 is 13.3 Å². The van der Waals surface area contributed by atoms with Gasteiger partial charge in [0.2, 0.25) is 0 Å². The van der Waals surface area contributed by atoms with E-state index < -0.39 is 14.6 Å². The topological polar surface area (TPSA) is 106 Å². The fraction of sp³-hybridized carbons (Fsp3) is 1.00. The Bertz CT molecular complexity index is 334. The Labute approximate surface area is 122 Å². The van der Waals surface area contributed by atoms with Crippen LogP contribution in [0.25, 0.3) is 0 Å². The third kappa shape index (κ3) is 2.16. The fourth-order valence-electron chi connectivity index (χ4n) is 3.76. The smallest absolute Gasteiger partial charge is 0.373 e. The largest absolute Gasteiger partial charge is 0.508 e. The second-order valence-corrected chi connectivity index (χ2v) is 8.89. The Hall–Kier alpha value is -0.0231. The molecule has 2 aliphatic carbocycles. The van der Waals surface area contributed by atoms with Gasteiger partial charge >= 0.3 is 8.80 Å². The Morgan fingerprint density at radius 2 is 1.25 bits per heavy atom. The number of rotatable bonds is 9. The number of hydrogen-bond acceptors (Lipinski definition) is 6. The van der Waals surface area contributed by atoms with E-state index in [2.05, 4.69) is 0 Å². The van der Waals surface area contributed by atoms with Crippen LogP contribution in [0, 0.1) is 5.41 Å². The van der Waals surface area contributed by atoms with Crippen LogP contribution in [-0.4, -0.2) is 34.4 Å². The summed E-state index contributed by atoms with van der Waals surface area (Å²) >= 11 is 0. The zero-order chi connectivity index (χ0) is 15.1. The molecule has 2 saturated carbocycles. The first-order valence-electron chi connectivity index (χ1n) is 7.63. The van der Waals surface area contributed by atoms with Gasteiger partial charge in [-0.2, -0.15) is 0 Å². The van der Waals surface area contributed by atoms with Crippen molar-refractivity contribution in [2.24, 2.45) is 22.6 Å². The van der Waals surface area contributed by atoms with Crippen molar-refractivity contribution in [3.05, 3.63) is 0 Å². The van der Waals surface area contributed by atoms with Gasteiger partial charge in [0, 0.05) is 25.2 Å². The van der Waals surface area contributed by atoms with E-state index in [1.165, 1.54) is 0 Å². The number of hydrogen-bond donors (Lipinski definition) is 3. The van der Waals surface area contributed by atoms with Crippen molar-refractivity contribution in [1.82, 2.24) is 0 Å². The molecule has 0 aromatic heterocycles. The van der Waals surface area contributed by atoms with E-state index in [1.807, 2.05) is 20.8 Å². The molecular formula is C13H29N3O3Si. The summed E-state index contributed by atoms with van der Waals surface area (Å²) in [6, 6.07) is 0. The van der Waals surface area contributed by atoms with Gasteiger partial charge in [-0.15, -0.1) is 0 Å². The maximum Gasteiger partial charge on any atom is 0.508 e. The van der Waals surface area contributed by atoms with E-state index in [1.54, 1.807) is 0 Å². The standard InChI is InChI=1S/C13H29N3O3Si/c1-4-17-20(18-5-2,19-6-3)12(9-10-12)11(7-8-11)13(14,15)16/h4-10,14-16H2,1-3H3. The molecule has 6 N–H and O–H groups in total. The van der Waals surface area contributed by atoms with Crippen LogP contribution in [0.4, 0.5) is 0 Å². The van der Waals surface area contributed by atoms with Crippen LogP contribution < -0.4 is 17.2 Å². The molecule has 2 fully saturated rings. The molecule has 0 aromatic rings. The van der Waals surface area contributed by atoms with Crippen molar-refractivity contribution in [2.45, 2.75) is 57.3 Å². The van der Waals surface area contributed by atoms with Gasteiger partial charge in [-0.1, -0.05) is 0 Å². The molecule has 0 saturated heterocycles. The van der Waals surface area contributed by atoms with Crippen LogP contribution in [0.15, 0.2) is 0 Å². The molecule has 0 radical (unpaired) electrons. The predicted molar refractivity (Wildman–Crippen MR) is 79.5 cm³/mol. The van der Waals surface area contributed by atoms with Crippen LogP contribution in [0.5, 0.6) is 0 Å². The maximum absolute atomic E-state index is 6.10. The van der Waals surface area contributed by atoms with Crippen LogP contribution in [0.2, 0.25) is 5.04 Å². The molecule has 7 heteroatoms. The minimum absolute atomic E-state index is 0.194. The molecule has 6 nitrogen and oxygen atoms in total. The molecule has 0 aliphatic heterocycles. The maximum atomic E-state index is 6.10. The summed E-state index contributed by atoms with van der Waals surface area (Å²) in [7, 11) is -2.83. The van der Waals surface area contributed by atoms with Gasteiger partial charge in [-0.05, 0) is 46.5 Å². The van der Waals surface area contributed by atoms with Gasteiger partial charge < -0.3 is 30.5 Å². The average molecular weight is 303 g/mol. The van der Waals surface area contributed by atoms with Crippen molar-refractivity contribution >= 4 is 8.80 Å². The Balaban J connectivity index is 2.37. The summed E-state index contributed by atoms with van der Waals surface area (Å²) in [6.45, 7) is 7.60. The van der Waals surface area contributed by atoms with Gasteiger partial charge in [0.05, 0.1) is 5.04 Å². The lowest BCUT2D eigenvalue weighted by atomic mass is 9.92. The Morgan fingerprint density at radius 3 is 1.45 bits per heavy atom. The van der Waals surface area contributed by atoms with Gasteiger partial charge in [-0.25, -0.2) is 0 Å². The molecule has 0 bridgehead atoms. The zero-order valence-corrected chi connectivity index (χ0v) is 13.9. The van der Waals surface area contributed by atoms with Crippen LogP contribution >= 0.6 is 0 Å². The lowest BCUT2D eigenvalue weighted by Crippen LogP contribution is -2.70. The number of nitrogens with two attached hydrogens (primary N) is 3. The van der Waals surface area contributed by atoms with Gasteiger partial charge in [0.15, 0.2) is 0 Å². The first-order chi connectivity index (χ1) is 9.35. The summed E-state index contributed by atoms with van der Waals surface area (Å²) in [5, 5.41) is -0.194. The molecule has 0 amide bonds. The first-order valence-corrected chi connectivity index (χ1v) is 9.35. The van der Waals surface area contributed by atoms with E-state index >= 15 is 0 Å². The minimum Gasteiger partial charge on any atom is -0.373 e. The normalized spacial score (nSPS) is 23.7. The zero-order valence-electron chi connectivity index (χ0n) is 12.9. The van der Waals surface area contributed by atoms with Gasteiger partial charge in [-0.3, -0.25) is 0 Å². The van der Waals surface area contributed by atoms with Crippen molar-refractivity contribution in [3.63, 3.8) is 0 Å². The van der Waals surface area contributed by atoms with E-state index in [9.17, 15) is 0 Å². The van der Waals surface area contributed by atoms with E-state index in [4.69, 9.17) is 30.5 Å². The predicted octanol–water partition coefficient (Wildman–Crippen LogP) is 0.879. The fourth-order valence-corrected chi connectivity index (χ4v) is 7.77.